The molecule has 1 aromatic carbocycles. The lowest BCUT2D eigenvalue weighted by Crippen LogP contribution is -2.23. The topological polar surface area (TPSA) is 71.1 Å². The molecule has 2 rings (SSSR count). The molecule has 2 N–H and O–H groups in total. The second kappa shape index (κ2) is 8.40. The first kappa shape index (κ1) is 17.9. The van der Waals surface area contributed by atoms with Gasteiger partial charge >= 0.3 is 0 Å². The highest BCUT2D eigenvalue weighted by atomic mass is 32.1. The van der Waals surface area contributed by atoms with E-state index in [0.717, 1.165) is 16.8 Å². The van der Waals surface area contributed by atoms with Crippen LogP contribution in [0.25, 0.3) is 11.3 Å². The largest absolute Gasteiger partial charge is 0.350 e. The highest BCUT2D eigenvalue weighted by molar-refractivity contribution is 7.14. The number of rotatable bonds is 7. The second-order valence-electron chi connectivity index (χ2n) is 5.46. The molecule has 0 fully saturated rings. The lowest BCUT2D eigenvalue weighted by Gasteiger charge is -2.12. The summed E-state index contributed by atoms with van der Waals surface area (Å²) in [5, 5.41) is 8.15. The summed E-state index contributed by atoms with van der Waals surface area (Å²) in [6.07, 6.45) is 2.78. The van der Waals surface area contributed by atoms with Crippen LogP contribution in [0.2, 0.25) is 0 Å². The fourth-order valence-electron chi connectivity index (χ4n) is 2.21. The average molecular weight is 343 g/mol. The van der Waals surface area contributed by atoms with Crippen molar-refractivity contribution >= 4 is 28.3 Å². The van der Waals surface area contributed by atoms with Crippen LogP contribution in [0, 0.1) is 0 Å². The summed E-state index contributed by atoms with van der Waals surface area (Å²) in [5.74, 6) is -0.113. The third kappa shape index (κ3) is 5.03. The maximum atomic E-state index is 11.7. The molecule has 0 aliphatic carbocycles. The predicted molar refractivity (Wildman–Crippen MR) is 97.8 cm³/mol. The number of hydrogen-bond acceptors (Lipinski definition) is 4. The van der Waals surface area contributed by atoms with Crippen molar-refractivity contribution in [3.8, 4) is 11.3 Å². The van der Waals surface area contributed by atoms with E-state index in [1.807, 2.05) is 36.6 Å². The lowest BCUT2D eigenvalue weighted by atomic mass is 10.1. The molecule has 0 aliphatic heterocycles. The molecular formula is C18H21N3O2S. The Balaban J connectivity index is 2.03. The van der Waals surface area contributed by atoms with Crippen molar-refractivity contribution in [1.82, 2.24) is 10.3 Å². The Bertz CT molecular complexity index is 722. The zero-order chi connectivity index (χ0) is 17.5. The predicted octanol–water partition coefficient (Wildman–Crippen LogP) is 3.91. The first-order chi connectivity index (χ1) is 11.5. The van der Waals surface area contributed by atoms with Gasteiger partial charge in [0.2, 0.25) is 11.8 Å². The minimum absolute atomic E-state index is 0.0355. The molecule has 126 valence electrons. The molecule has 2 amide bonds. The lowest BCUT2D eigenvalue weighted by molar-refractivity contribution is -0.119. The Morgan fingerprint density at radius 2 is 2.04 bits per heavy atom. The summed E-state index contributed by atoms with van der Waals surface area (Å²) in [5.41, 5.74) is 2.82. The van der Waals surface area contributed by atoms with Crippen molar-refractivity contribution in [2.75, 3.05) is 5.32 Å². The molecule has 1 aromatic heterocycles. The summed E-state index contributed by atoms with van der Waals surface area (Å²) >= 11 is 1.40. The van der Waals surface area contributed by atoms with Crippen molar-refractivity contribution in [1.29, 1.82) is 0 Å². The van der Waals surface area contributed by atoms with Gasteiger partial charge in [-0.3, -0.25) is 9.59 Å². The first-order valence-corrected chi connectivity index (χ1v) is 8.61. The number of aromatic nitrogens is 1. The van der Waals surface area contributed by atoms with E-state index in [1.165, 1.54) is 18.3 Å². The normalized spacial score (nSPS) is 11.6. The van der Waals surface area contributed by atoms with Crippen LogP contribution in [0.15, 0.2) is 42.3 Å². The molecule has 0 bridgehead atoms. The molecule has 1 heterocycles. The van der Waals surface area contributed by atoms with Crippen LogP contribution >= 0.6 is 11.3 Å². The highest BCUT2D eigenvalue weighted by Gasteiger charge is 2.10. The zero-order valence-electron chi connectivity index (χ0n) is 13.8. The van der Waals surface area contributed by atoms with E-state index in [9.17, 15) is 9.59 Å². The third-order valence-electron chi connectivity index (χ3n) is 3.45. The minimum atomic E-state index is -0.0599. The van der Waals surface area contributed by atoms with Crippen molar-refractivity contribution in [2.45, 2.75) is 32.7 Å². The van der Waals surface area contributed by atoms with Crippen molar-refractivity contribution < 1.29 is 9.59 Å². The standard InChI is InChI=1S/C18H21N3O2S/c1-4-5-6-17(23)21-18-20-16(11-24-18)15-9-7-14(8-10-15)12(2)19-13(3)22/h4,7-12H,1,5-6H2,2-3H3,(H,19,22)(H,20,21,23)/t12-/m0/s1. The molecule has 0 saturated carbocycles. The van der Waals surface area contributed by atoms with E-state index < -0.39 is 0 Å². The van der Waals surface area contributed by atoms with Gasteiger partial charge in [0, 0.05) is 24.3 Å². The van der Waals surface area contributed by atoms with Gasteiger partial charge in [0.15, 0.2) is 5.13 Å². The van der Waals surface area contributed by atoms with E-state index in [-0.39, 0.29) is 17.9 Å². The van der Waals surface area contributed by atoms with Crippen LogP contribution in [0.1, 0.15) is 38.3 Å². The molecule has 0 radical (unpaired) electrons. The van der Waals surface area contributed by atoms with Crippen LogP contribution in [-0.4, -0.2) is 16.8 Å². The third-order valence-corrected chi connectivity index (χ3v) is 4.21. The van der Waals surface area contributed by atoms with Gasteiger partial charge in [-0.2, -0.15) is 0 Å². The molecule has 0 aliphatic rings. The molecule has 24 heavy (non-hydrogen) atoms. The second-order valence-corrected chi connectivity index (χ2v) is 6.32. The number of nitrogens with one attached hydrogen (secondary N) is 2. The molecule has 6 heteroatoms. The zero-order valence-corrected chi connectivity index (χ0v) is 14.7. The Labute approximate surface area is 145 Å². The fourth-order valence-corrected chi connectivity index (χ4v) is 2.95. The molecule has 5 nitrogen and oxygen atoms in total. The van der Waals surface area contributed by atoms with Gasteiger partial charge in [-0.25, -0.2) is 4.98 Å². The maximum Gasteiger partial charge on any atom is 0.226 e. The van der Waals surface area contributed by atoms with Gasteiger partial charge in [-0.1, -0.05) is 30.3 Å². The number of anilines is 1. The Morgan fingerprint density at radius 1 is 1.33 bits per heavy atom. The molecule has 0 saturated heterocycles. The van der Waals surface area contributed by atoms with Crippen molar-refractivity contribution in [2.24, 2.45) is 0 Å². The smallest absolute Gasteiger partial charge is 0.226 e. The van der Waals surface area contributed by atoms with Crippen LogP contribution < -0.4 is 10.6 Å². The van der Waals surface area contributed by atoms with E-state index in [1.54, 1.807) is 6.08 Å². The summed E-state index contributed by atoms with van der Waals surface area (Å²) in [6.45, 7) is 7.05. The molecular weight excluding hydrogens is 322 g/mol. The van der Waals surface area contributed by atoms with Crippen LogP contribution in [-0.2, 0) is 9.59 Å². The number of nitrogens with zero attached hydrogens (tertiary/aromatic N) is 1. The minimum Gasteiger partial charge on any atom is -0.350 e. The van der Waals surface area contributed by atoms with Gasteiger partial charge < -0.3 is 10.6 Å². The summed E-state index contributed by atoms with van der Waals surface area (Å²) < 4.78 is 0. The Kier molecular flexibility index (Phi) is 6.26. The number of carbonyl (C=O) groups excluding carboxylic acids is 2. The van der Waals surface area contributed by atoms with Gasteiger partial charge in [-0.15, -0.1) is 17.9 Å². The average Bonchev–Trinajstić information content (AvgIpc) is 3.01. The first-order valence-electron chi connectivity index (χ1n) is 7.73. The van der Waals surface area contributed by atoms with Gasteiger partial charge in [-0.05, 0) is 18.9 Å². The number of hydrogen-bond donors (Lipinski definition) is 2. The van der Waals surface area contributed by atoms with Gasteiger partial charge in [0.25, 0.3) is 0 Å². The van der Waals surface area contributed by atoms with Gasteiger partial charge in [0.1, 0.15) is 0 Å². The Hall–Kier alpha value is -2.47. The van der Waals surface area contributed by atoms with Crippen molar-refractivity contribution in [3.05, 3.63) is 47.9 Å². The highest BCUT2D eigenvalue weighted by Crippen LogP contribution is 2.26. The van der Waals surface area contributed by atoms with Gasteiger partial charge in [0.05, 0.1) is 11.7 Å². The fraction of sp³-hybridized carbons (Fsp3) is 0.278. The molecule has 1 atom stereocenters. The number of thiazole rings is 1. The number of benzene rings is 1. The number of carbonyl (C=O) groups is 2. The van der Waals surface area contributed by atoms with Crippen molar-refractivity contribution in [3.63, 3.8) is 0 Å². The van der Waals surface area contributed by atoms with E-state index in [0.29, 0.717) is 18.0 Å². The monoisotopic (exact) mass is 343 g/mol. The van der Waals surface area contributed by atoms with E-state index in [2.05, 4.69) is 22.2 Å². The Morgan fingerprint density at radius 3 is 2.67 bits per heavy atom. The summed E-state index contributed by atoms with van der Waals surface area (Å²) in [4.78, 5) is 27.3. The molecule has 0 unspecified atom stereocenters. The van der Waals surface area contributed by atoms with E-state index in [4.69, 9.17) is 0 Å². The van der Waals surface area contributed by atoms with Crippen LogP contribution in [0.4, 0.5) is 5.13 Å². The summed E-state index contributed by atoms with van der Waals surface area (Å²) in [6, 6.07) is 7.83. The quantitative estimate of drug-likeness (QED) is 0.749. The molecule has 0 spiro atoms. The molecule has 2 aromatic rings. The SMILES string of the molecule is C=CCCC(=O)Nc1nc(-c2ccc([C@H](C)NC(C)=O)cc2)cs1. The maximum absolute atomic E-state index is 11.7. The number of amides is 2. The summed E-state index contributed by atoms with van der Waals surface area (Å²) in [7, 11) is 0. The number of allylic oxidation sites excluding steroid dienone is 1. The van der Waals surface area contributed by atoms with Crippen LogP contribution in [0.3, 0.4) is 0 Å². The van der Waals surface area contributed by atoms with E-state index >= 15 is 0 Å². The van der Waals surface area contributed by atoms with Crippen LogP contribution in [0.5, 0.6) is 0 Å².